The predicted octanol–water partition coefficient (Wildman–Crippen LogP) is 4.26. The number of thiophene rings is 1. The fourth-order valence-electron chi connectivity index (χ4n) is 2.59. The van der Waals surface area contributed by atoms with Gasteiger partial charge in [-0.3, -0.25) is 4.79 Å². The standard InChI is InChI=1S/C20H12FN5OS/c21-14-6-8-16(9-7-14)26-19(17-5-2-10-28-17)24-18(25-26)20(27)23-15-4-1-3-13(11-15)12-22/h1-11H,(H,23,27). The number of benzene rings is 2. The Morgan fingerprint density at radius 2 is 1.96 bits per heavy atom. The molecule has 136 valence electrons. The van der Waals surface area contributed by atoms with Crippen molar-refractivity contribution < 1.29 is 9.18 Å². The summed E-state index contributed by atoms with van der Waals surface area (Å²) in [5, 5.41) is 17.9. The van der Waals surface area contributed by atoms with Gasteiger partial charge in [-0.2, -0.15) is 5.26 Å². The number of halogens is 1. The summed E-state index contributed by atoms with van der Waals surface area (Å²) in [6.07, 6.45) is 0. The Hall–Kier alpha value is -3.83. The van der Waals surface area contributed by atoms with Gasteiger partial charge in [-0.15, -0.1) is 16.4 Å². The van der Waals surface area contributed by atoms with E-state index in [9.17, 15) is 9.18 Å². The number of aromatic nitrogens is 3. The van der Waals surface area contributed by atoms with Crippen LogP contribution in [-0.4, -0.2) is 20.7 Å². The maximum Gasteiger partial charge on any atom is 0.295 e. The Labute approximate surface area is 163 Å². The van der Waals surface area contributed by atoms with Crippen LogP contribution in [0, 0.1) is 17.1 Å². The molecule has 0 aliphatic carbocycles. The van der Waals surface area contributed by atoms with Gasteiger partial charge in [0.1, 0.15) is 5.82 Å². The van der Waals surface area contributed by atoms with Crippen molar-refractivity contribution in [3.63, 3.8) is 0 Å². The van der Waals surface area contributed by atoms with Gasteiger partial charge < -0.3 is 5.32 Å². The predicted molar refractivity (Wildman–Crippen MR) is 104 cm³/mol. The number of hydrogen-bond donors (Lipinski definition) is 1. The first kappa shape index (κ1) is 17.6. The molecule has 6 nitrogen and oxygen atoms in total. The van der Waals surface area contributed by atoms with E-state index < -0.39 is 5.91 Å². The van der Waals surface area contributed by atoms with E-state index in [1.54, 1.807) is 36.4 Å². The minimum Gasteiger partial charge on any atom is -0.319 e. The molecule has 0 bridgehead atoms. The molecule has 2 heterocycles. The smallest absolute Gasteiger partial charge is 0.295 e. The zero-order valence-electron chi connectivity index (χ0n) is 14.3. The maximum absolute atomic E-state index is 13.3. The average Bonchev–Trinajstić information content (AvgIpc) is 3.38. The van der Waals surface area contributed by atoms with Crippen LogP contribution in [0.3, 0.4) is 0 Å². The number of rotatable bonds is 4. The molecule has 2 aromatic carbocycles. The van der Waals surface area contributed by atoms with Crippen molar-refractivity contribution in [1.29, 1.82) is 5.26 Å². The second-order valence-electron chi connectivity index (χ2n) is 5.77. The summed E-state index contributed by atoms with van der Waals surface area (Å²) in [5.41, 5.74) is 1.49. The van der Waals surface area contributed by atoms with Crippen molar-refractivity contribution in [1.82, 2.24) is 14.8 Å². The Morgan fingerprint density at radius 3 is 2.68 bits per heavy atom. The fourth-order valence-corrected chi connectivity index (χ4v) is 3.29. The normalized spacial score (nSPS) is 10.4. The minimum atomic E-state index is -0.506. The summed E-state index contributed by atoms with van der Waals surface area (Å²) in [6, 6.07) is 18.1. The lowest BCUT2D eigenvalue weighted by atomic mass is 10.2. The molecule has 0 radical (unpaired) electrons. The number of carbonyl (C=O) groups excluding carboxylic acids is 1. The number of nitrogens with one attached hydrogen (secondary N) is 1. The van der Waals surface area contributed by atoms with Crippen LogP contribution in [0.5, 0.6) is 0 Å². The summed E-state index contributed by atoms with van der Waals surface area (Å²) >= 11 is 1.46. The third-order valence-corrected chi connectivity index (χ3v) is 4.74. The first-order valence-electron chi connectivity index (χ1n) is 8.22. The number of nitrogens with zero attached hydrogens (tertiary/aromatic N) is 4. The third-order valence-electron chi connectivity index (χ3n) is 3.87. The van der Waals surface area contributed by atoms with Gasteiger partial charge >= 0.3 is 0 Å². The Bertz CT molecular complexity index is 1180. The molecule has 0 aliphatic rings. The van der Waals surface area contributed by atoms with Crippen molar-refractivity contribution in [3.8, 4) is 22.5 Å². The molecule has 2 aromatic heterocycles. The monoisotopic (exact) mass is 389 g/mol. The largest absolute Gasteiger partial charge is 0.319 e. The highest BCUT2D eigenvalue weighted by atomic mass is 32.1. The Morgan fingerprint density at radius 1 is 1.14 bits per heavy atom. The van der Waals surface area contributed by atoms with E-state index in [1.165, 1.54) is 28.2 Å². The first-order chi connectivity index (χ1) is 13.6. The molecule has 0 aliphatic heterocycles. The lowest BCUT2D eigenvalue weighted by molar-refractivity contribution is 0.101. The molecule has 0 unspecified atom stereocenters. The van der Waals surface area contributed by atoms with E-state index in [0.717, 1.165) is 4.88 Å². The number of nitriles is 1. The number of amides is 1. The molecule has 4 rings (SSSR count). The van der Waals surface area contributed by atoms with Crippen molar-refractivity contribution in [2.45, 2.75) is 0 Å². The molecule has 0 saturated heterocycles. The second-order valence-corrected chi connectivity index (χ2v) is 6.72. The number of anilines is 1. The summed E-state index contributed by atoms with van der Waals surface area (Å²) in [7, 11) is 0. The van der Waals surface area contributed by atoms with Gasteiger partial charge in [0.15, 0.2) is 5.82 Å². The van der Waals surface area contributed by atoms with Gasteiger partial charge in [0.25, 0.3) is 5.91 Å². The first-order valence-corrected chi connectivity index (χ1v) is 9.10. The quantitative estimate of drug-likeness (QED) is 0.565. The van der Waals surface area contributed by atoms with Crippen LogP contribution in [0.15, 0.2) is 66.0 Å². The lowest BCUT2D eigenvalue weighted by Crippen LogP contribution is -2.14. The van der Waals surface area contributed by atoms with Crippen LogP contribution in [0.25, 0.3) is 16.4 Å². The van der Waals surface area contributed by atoms with Gasteiger partial charge in [-0.25, -0.2) is 14.1 Å². The van der Waals surface area contributed by atoms with E-state index in [0.29, 0.717) is 22.8 Å². The van der Waals surface area contributed by atoms with Crippen molar-refractivity contribution >= 4 is 22.9 Å². The van der Waals surface area contributed by atoms with Crippen LogP contribution < -0.4 is 5.32 Å². The number of hydrogen-bond acceptors (Lipinski definition) is 5. The van der Waals surface area contributed by atoms with Crippen LogP contribution in [0.2, 0.25) is 0 Å². The van der Waals surface area contributed by atoms with Crippen LogP contribution >= 0.6 is 11.3 Å². The van der Waals surface area contributed by atoms with Gasteiger partial charge in [-0.1, -0.05) is 12.1 Å². The Kier molecular flexibility index (Phi) is 4.66. The molecule has 1 N–H and O–H groups in total. The highest BCUT2D eigenvalue weighted by Gasteiger charge is 2.19. The van der Waals surface area contributed by atoms with Crippen molar-refractivity contribution in [3.05, 3.63) is 83.2 Å². The molecular formula is C20H12FN5OS. The van der Waals surface area contributed by atoms with E-state index in [2.05, 4.69) is 15.4 Å². The van der Waals surface area contributed by atoms with Crippen LogP contribution in [0.1, 0.15) is 16.2 Å². The molecule has 0 fully saturated rings. The Balaban J connectivity index is 1.71. The number of carbonyl (C=O) groups is 1. The molecule has 4 aromatic rings. The summed E-state index contributed by atoms with van der Waals surface area (Å²) in [4.78, 5) is 17.8. The second kappa shape index (κ2) is 7.42. The molecular weight excluding hydrogens is 377 g/mol. The van der Waals surface area contributed by atoms with Gasteiger partial charge in [-0.05, 0) is 53.9 Å². The van der Waals surface area contributed by atoms with E-state index in [4.69, 9.17) is 5.26 Å². The summed E-state index contributed by atoms with van der Waals surface area (Å²) in [6.45, 7) is 0. The van der Waals surface area contributed by atoms with Crippen LogP contribution in [-0.2, 0) is 0 Å². The molecule has 28 heavy (non-hydrogen) atoms. The van der Waals surface area contributed by atoms with E-state index >= 15 is 0 Å². The van der Waals surface area contributed by atoms with Gasteiger partial charge in [0.2, 0.25) is 5.82 Å². The van der Waals surface area contributed by atoms with Crippen LogP contribution in [0.4, 0.5) is 10.1 Å². The van der Waals surface area contributed by atoms with E-state index in [1.807, 2.05) is 23.6 Å². The third kappa shape index (κ3) is 3.51. The highest BCUT2D eigenvalue weighted by Crippen LogP contribution is 2.26. The zero-order valence-corrected chi connectivity index (χ0v) is 15.2. The molecule has 8 heteroatoms. The lowest BCUT2D eigenvalue weighted by Gasteiger charge is -2.04. The molecule has 0 spiro atoms. The summed E-state index contributed by atoms with van der Waals surface area (Å²) in [5.74, 6) is -0.418. The average molecular weight is 389 g/mol. The minimum absolute atomic E-state index is 0.0323. The topological polar surface area (TPSA) is 83.6 Å². The zero-order chi connectivity index (χ0) is 19.5. The van der Waals surface area contributed by atoms with Crippen molar-refractivity contribution in [2.75, 3.05) is 5.32 Å². The SMILES string of the molecule is N#Cc1cccc(NC(=O)c2nc(-c3cccs3)n(-c3ccc(F)cc3)n2)c1. The molecule has 0 atom stereocenters. The van der Waals surface area contributed by atoms with Gasteiger partial charge in [0, 0.05) is 5.69 Å². The fraction of sp³-hybridized carbons (Fsp3) is 0. The molecule has 1 amide bonds. The van der Waals surface area contributed by atoms with Gasteiger partial charge in [0.05, 0.1) is 22.2 Å². The molecule has 0 saturated carbocycles. The summed E-state index contributed by atoms with van der Waals surface area (Å²) < 4.78 is 14.8. The van der Waals surface area contributed by atoms with E-state index in [-0.39, 0.29) is 11.6 Å². The maximum atomic E-state index is 13.3. The highest BCUT2D eigenvalue weighted by molar-refractivity contribution is 7.13. The van der Waals surface area contributed by atoms with Crippen molar-refractivity contribution in [2.24, 2.45) is 0 Å².